The van der Waals surface area contributed by atoms with Crippen LogP contribution >= 0.6 is 23.2 Å². The first-order valence-corrected chi connectivity index (χ1v) is 6.03. The maximum atomic E-state index is 5.82. The van der Waals surface area contributed by atoms with E-state index in [-0.39, 0.29) is 10.4 Å². The first kappa shape index (κ1) is 11.8. The van der Waals surface area contributed by atoms with Gasteiger partial charge in [0.15, 0.2) is 11.0 Å². The molecule has 0 atom stereocenters. The summed E-state index contributed by atoms with van der Waals surface area (Å²) in [6.07, 6.45) is 2.59. The number of aromatic nitrogens is 3. The summed E-state index contributed by atoms with van der Waals surface area (Å²) in [5, 5.41) is 10.7. The standard InChI is InChI=1S/C9H13Cl2N5/c10-7-8(13-9(11)15-14-7)12-3-6-16-4-1-2-5-16/h1-6H2,(H,12,13,15). The average Bonchev–Trinajstić information content (AvgIpc) is 2.76. The van der Waals surface area contributed by atoms with E-state index >= 15 is 0 Å². The Hall–Kier alpha value is -0.650. The molecule has 5 nitrogen and oxygen atoms in total. The molecule has 2 rings (SSSR count). The molecule has 1 aromatic rings. The molecular weight excluding hydrogens is 249 g/mol. The zero-order chi connectivity index (χ0) is 11.4. The van der Waals surface area contributed by atoms with Crippen molar-refractivity contribution < 1.29 is 0 Å². The van der Waals surface area contributed by atoms with E-state index < -0.39 is 0 Å². The fraction of sp³-hybridized carbons (Fsp3) is 0.667. The third kappa shape index (κ3) is 3.17. The molecule has 0 spiro atoms. The van der Waals surface area contributed by atoms with Crippen LogP contribution in [0, 0.1) is 0 Å². The van der Waals surface area contributed by atoms with Crippen LogP contribution < -0.4 is 5.32 Å². The van der Waals surface area contributed by atoms with Crippen molar-refractivity contribution in [1.29, 1.82) is 0 Å². The predicted molar refractivity (Wildman–Crippen MR) is 64.0 cm³/mol. The summed E-state index contributed by atoms with van der Waals surface area (Å²) in [5.74, 6) is 0.501. The van der Waals surface area contributed by atoms with Crippen LogP contribution in [0.5, 0.6) is 0 Å². The van der Waals surface area contributed by atoms with Gasteiger partial charge in [0, 0.05) is 13.1 Å². The SMILES string of the molecule is Clc1nnc(Cl)c(NCCN2CCCC2)n1. The van der Waals surface area contributed by atoms with Crippen molar-refractivity contribution in [2.75, 3.05) is 31.5 Å². The summed E-state index contributed by atoms with van der Waals surface area (Å²) in [6, 6.07) is 0. The van der Waals surface area contributed by atoms with Crippen molar-refractivity contribution in [3.63, 3.8) is 0 Å². The molecule has 1 saturated heterocycles. The van der Waals surface area contributed by atoms with Gasteiger partial charge in [-0.05, 0) is 37.5 Å². The first-order valence-electron chi connectivity index (χ1n) is 5.27. The lowest BCUT2D eigenvalue weighted by Gasteiger charge is -2.14. The van der Waals surface area contributed by atoms with Crippen molar-refractivity contribution in [1.82, 2.24) is 20.1 Å². The Morgan fingerprint density at radius 2 is 1.94 bits per heavy atom. The molecule has 0 amide bonds. The Kier molecular flexibility index (Phi) is 4.15. The van der Waals surface area contributed by atoms with Crippen molar-refractivity contribution in [2.45, 2.75) is 12.8 Å². The highest BCUT2D eigenvalue weighted by molar-refractivity contribution is 6.32. The van der Waals surface area contributed by atoms with Crippen LogP contribution in [0.1, 0.15) is 12.8 Å². The summed E-state index contributed by atoms with van der Waals surface area (Å²) in [4.78, 5) is 6.37. The number of rotatable bonds is 4. The number of hydrogen-bond acceptors (Lipinski definition) is 5. The van der Waals surface area contributed by atoms with Gasteiger partial charge in [-0.3, -0.25) is 0 Å². The molecule has 2 heterocycles. The lowest BCUT2D eigenvalue weighted by Crippen LogP contribution is -2.26. The molecule has 1 aliphatic heterocycles. The highest BCUT2D eigenvalue weighted by Crippen LogP contribution is 2.16. The van der Waals surface area contributed by atoms with E-state index in [1.54, 1.807) is 0 Å². The van der Waals surface area contributed by atoms with Gasteiger partial charge in [0.05, 0.1) is 0 Å². The summed E-state index contributed by atoms with van der Waals surface area (Å²) >= 11 is 11.4. The molecule has 88 valence electrons. The molecule has 0 aromatic carbocycles. The van der Waals surface area contributed by atoms with E-state index in [9.17, 15) is 0 Å². The number of anilines is 1. The molecule has 1 aromatic heterocycles. The van der Waals surface area contributed by atoms with Gasteiger partial charge in [-0.1, -0.05) is 11.6 Å². The van der Waals surface area contributed by atoms with E-state index in [1.165, 1.54) is 25.9 Å². The van der Waals surface area contributed by atoms with Crippen LogP contribution in [0.25, 0.3) is 0 Å². The second-order valence-electron chi connectivity index (χ2n) is 3.70. The average molecular weight is 262 g/mol. The summed E-state index contributed by atoms with van der Waals surface area (Å²) in [5.41, 5.74) is 0. The molecule has 1 aliphatic rings. The lowest BCUT2D eigenvalue weighted by atomic mass is 10.4. The largest absolute Gasteiger partial charge is 0.366 e. The maximum Gasteiger partial charge on any atom is 0.245 e. The highest BCUT2D eigenvalue weighted by atomic mass is 35.5. The summed E-state index contributed by atoms with van der Waals surface area (Å²) in [6.45, 7) is 4.13. The molecule has 1 N–H and O–H groups in total. The molecule has 0 unspecified atom stereocenters. The number of halogens is 2. The van der Waals surface area contributed by atoms with Gasteiger partial charge < -0.3 is 10.2 Å². The number of nitrogens with zero attached hydrogens (tertiary/aromatic N) is 4. The van der Waals surface area contributed by atoms with Crippen LogP contribution in [0.4, 0.5) is 5.82 Å². The van der Waals surface area contributed by atoms with E-state index in [4.69, 9.17) is 23.2 Å². The van der Waals surface area contributed by atoms with Gasteiger partial charge in [0.1, 0.15) is 0 Å². The molecule has 0 radical (unpaired) electrons. The van der Waals surface area contributed by atoms with Crippen molar-refractivity contribution in [3.8, 4) is 0 Å². The Bertz CT molecular complexity index is 354. The Morgan fingerprint density at radius 1 is 1.19 bits per heavy atom. The zero-order valence-corrected chi connectivity index (χ0v) is 10.3. The predicted octanol–water partition coefficient (Wildman–Crippen LogP) is 1.69. The van der Waals surface area contributed by atoms with Gasteiger partial charge in [0.2, 0.25) is 5.28 Å². The molecule has 0 aliphatic carbocycles. The Labute approximate surface area is 104 Å². The topological polar surface area (TPSA) is 53.9 Å². The third-order valence-corrected chi connectivity index (χ3v) is 2.95. The zero-order valence-electron chi connectivity index (χ0n) is 8.79. The van der Waals surface area contributed by atoms with E-state index in [1.807, 2.05) is 0 Å². The number of likely N-dealkylation sites (tertiary alicyclic amines) is 1. The molecule has 7 heteroatoms. The minimum atomic E-state index is 0.105. The van der Waals surface area contributed by atoms with Gasteiger partial charge in [-0.2, -0.15) is 4.98 Å². The third-order valence-electron chi connectivity index (χ3n) is 2.54. The second-order valence-corrected chi connectivity index (χ2v) is 4.39. The van der Waals surface area contributed by atoms with E-state index in [0.29, 0.717) is 5.82 Å². The summed E-state index contributed by atoms with van der Waals surface area (Å²) in [7, 11) is 0. The monoisotopic (exact) mass is 261 g/mol. The Morgan fingerprint density at radius 3 is 2.69 bits per heavy atom. The van der Waals surface area contributed by atoms with Crippen molar-refractivity contribution >= 4 is 29.0 Å². The van der Waals surface area contributed by atoms with Crippen LogP contribution in [-0.2, 0) is 0 Å². The lowest BCUT2D eigenvalue weighted by molar-refractivity contribution is 0.352. The van der Waals surface area contributed by atoms with Crippen LogP contribution in [0.15, 0.2) is 0 Å². The molecule has 1 fully saturated rings. The Balaban J connectivity index is 1.82. The molecular formula is C9H13Cl2N5. The molecule has 0 bridgehead atoms. The fourth-order valence-electron chi connectivity index (χ4n) is 1.74. The van der Waals surface area contributed by atoms with Gasteiger partial charge in [-0.25, -0.2) is 0 Å². The van der Waals surface area contributed by atoms with Crippen LogP contribution in [-0.4, -0.2) is 46.3 Å². The van der Waals surface area contributed by atoms with Crippen molar-refractivity contribution in [2.24, 2.45) is 0 Å². The van der Waals surface area contributed by atoms with Crippen LogP contribution in [0.3, 0.4) is 0 Å². The minimum Gasteiger partial charge on any atom is -0.366 e. The van der Waals surface area contributed by atoms with Gasteiger partial charge >= 0.3 is 0 Å². The fourth-order valence-corrected chi connectivity index (χ4v) is 2.01. The molecule has 0 saturated carbocycles. The number of hydrogen-bond donors (Lipinski definition) is 1. The van der Waals surface area contributed by atoms with Crippen LogP contribution in [0.2, 0.25) is 10.4 Å². The van der Waals surface area contributed by atoms with E-state index in [2.05, 4.69) is 25.4 Å². The minimum absolute atomic E-state index is 0.105. The maximum absolute atomic E-state index is 5.82. The summed E-state index contributed by atoms with van der Waals surface area (Å²) < 4.78 is 0. The molecule has 16 heavy (non-hydrogen) atoms. The van der Waals surface area contributed by atoms with Crippen molar-refractivity contribution in [3.05, 3.63) is 10.4 Å². The second kappa shape index (κ2) is 5.61. The normalized spacial score (nSPS) is 16.6. The smallest absolute Gasteiger partial charge is 0.245 e. The first-order chi connectivity index (χ1) is 7.75. The number of nitrogens with one attached hydrogen (secondary N) is 1. The quantitative estimate of drug-likeness (QED) is 0.894. The highest BCUT2D eigenvalue weighted by Gasteiger charge is 2.11. The van der Waals surface area contributed by atoms with Gasteiger partial charge in [-0.15, -0.1) is 10.2 Å². The van der Waals surface area contributed by atoms with E-state index in [0.717, 1.165) is 13.1 Å². The van der Waals surface area contributed by atoms with Gasteiger partial charge in [0.25, 0.3) is 0 Å².